The van der Waals surface area contributed by atoms with Gasteiger partial charge in [-0.3, -0.25) is 4.99 Å². The van der Waals surface area contributed by atoms with Gasteiger partial charge in [-0.05, 0) is 44.9 Å². The maximum atomic E-state index is 6.10. The monoisotopic (exact) mass is 382 g/mol. The van der Waals surface area contributed by atoms with E-state index in [4.69, 9.17) is 32.7 Å². The number of nitrogens with zero attached hydrogens (tertiary/aromatic N) is 3. The van der Waals surface area contributed by atoms with Crippen LogP contribution in [0, 0.1) is 13.8 Å². The molecule has 25 heavy (non-hydrogen) atoms. The molecule has 5 nitrogen and oxygen atoms in total. The van der Waals surface area contributed by atoms with Gasteiger partial charge in [0.15, 0.2) is 5.96 Å². The standard InChI is InChI=1S/C18H24Cl2N4O/c1-5-21-18(22-9-8-15-12(2)23-25-13(15)3)24(4)11-14-6-7-16(19)17(20)10-14/h6-7,10H,5,8-9,11H2,1-4H3,(H,21,22). The summed E-state index contributed by atoms with van der Waals surface area (Å²) in [4.78, 5) is 6.78. The van der Waals surface area contributed by atoms with E-state index in [0.717, 1.165) is 41.5 Å². The molecule has 0 fully saturated rings. The number of halogens is 2. The van der Waals surface area contributed by atoms with Crippen molar-refractivity contribution < 1.29 is 4.52 Å². The Balaban J connectivity index is 2.03. The molecule has 1 N–H and O–H groups in total. The highest BCUT2D eigenvalue weighted by molar-refractivity contribution is 6.42. The second-order valence-electron chi connectivity index (χ2n) is 5.89. The van der Waals surface area contributed by atoms with Crippen LogP contribution in [0.3, 0.4) is 0 Å². The predicted molar refractivity (Wildman–Crippen MR) is 104 cm³/mol. The number of benzene rings is 1. The van der Waals surface area contributed by atoms with Gasteiger partial charge in [0.1, 0.15) is 5.76 Å². The molecule has 0 saturated carbocycles. The van der Waals surface area contributed by atoms with Gasteiger partial charge in [-0.25, -0.2) is 0 Å². The summed E-state index contributed by atoms with van der Waals surface area (Å²) < 4.78 is 5.20. The second-order valence-corrected chi connectivity index (χ2v) is 6.71. The van der Waals surface area contributed by atoms with Gasteiger partial charge in [-0.2, -0.15) is 0 Å². The molecule has 0 radical (unpaired) electrons. The summed E-state index contributed by atoms with van der Waals surface area (Å²) in [6.45, 7) is 8.09. The summed E-state index contributed by atoms with van der Waals surface area (Å²) in [6.07, 6.45) is 0.802. The van der Waals surface area contributed by atoms with Crippen molar-refractivity contribution in [1.82, 2.24) is 15.4 Å². The second kappa shape index (κ2) is 9.11. The SMILES string of the molecule is CCNC(=NCCc1c(C)noc1C)N(C)Cc1ccc(Cl)c(Cl)c1. The molecular weight excluding hydrogens is 359 g/mol. The Kier molecular flexibility index (Phi) is 7.14. The predicted octanol–water partition coefficient (Wildman–Crippen LogP) is 4.24. The van der Waals surface area contributed by atoms with Crippen molar-refractivity contribution in [2.45, 2.75) is 33.7 Å². The maximum absolute atomic E-state index is 6.10. The summed E-state index contributed by atoms with van der Waals surface area (Å²) in [5.74, 6) is 1.71. The van der Waals surface area contributed by atoms with Crippen molar-refractivity contribution in [3.05, 3.63) is 50.8 Å². The van der Waals surface area contributed by atoms with Crippen LogP contribution in [0.4, 0.5) is 0 Å². The van der Waals surface area contributed by atoms with Gasteiger partial charge in [0, 0.05) is 32.2 Å². The fourth-order valence-electron chi connectivity index (χ4n) is 2.59. The molecular formula is C18H24Cl2N4O. The largest absolute Gasteiger partial charge is 0.361 e. The third-order valence-electron chi connectivity index (χ3n) is 3.90. The lowest BCUT2D eigenvalue weighted by Crippen LogP contribution is -2.38. The van der Waals surface area contributed by atoms with Crippen molar-refractivity contribution in [2.75, 3.05) is 20.1 Å². The topological polar surface area (TPSA) is 53.7 Å². The minimum atomic E-state index is 0.563. The van der Waals surface area contributed by atoms with E-state index < -0.39 is 0 Å². The third kappa shape index (κ3) is 5.38. The number of aliphatic imine (C=N–C) groups is 1. The molecule has 1 aromatic carbocycles. The Morgan fingerprint density at radius 2 is 2.04 bits per heavy atom. The van der Waals surface area contributed by atoms with Crippen LogP contribution in [-0.2, 0) is 13.0 Å². The fraction of sp³-hybridized carbons (Fsp3) is 0.444. The molecule has 0 unspecified atom stereocenters. The maximum Gasteiger partial charge on any atom is 0.193 e. The first-order valence-electron chi connectivity index (χ1n) is 8.27. The minimum absolute atomic E-state index is 0.563. The van der Waals surface area contributed by atoms with E-state index in [2.05, 4.69) is 22.3 Å². The number of guanidine groups is 1. The molecule has 7 heteroatoms. The molecule has 0 bridgehead atoms. The van der Waals surface area contributed by atoms with Crippen LogP contribution < -0.4 is 5.32 Å². The average Bonchev–Trinajstić information content (AvgIpc) is 2.89. The van der Waals surface area contributed by atoms with E-state index in [-0.39, 0.29) is 0 Å². The molecule has 1 heterocycles. The van der Waals surface area contributed by atoms with Crippen LogP contribution in [0.2, 0.25) is 10.0 Å². The Bertz CT molecular complexity index is 723. The molecule has 0 amide bonds. The molecule has 1 aromatic heterocycles. The first kappa shape index (κ1) is 19.6. The van der Waals surface area contributed by atoms with Crippen molar-refractivity contribution in [2.24, 2.45) is 4.99 Å². The molecule has 0 saturated heterocycles. The van der Waals surface area contributed by atoms with Crippen LogP contribution in [0.25, 0.3) is 0 Å². The Labute approximate surface area is 159 Å². The van der Waals surface area contributed by atoms with Gasteiger partial charge in [0.2, 0.25) is 0 Å². The van der Waals surface area contributed by atoms with Crippen LogP contribution in [-0.4, -0.2) is 36.2 Å². The normalized spacial score (nSPS) is 11.7. The molecule has 0 aliphatic rings. The van der Waals surface area contributed by atoms with Crippen LogP contribution in [0.5, 0.6) is 0 Å². The summed E-state index contributed by atoms with van der Waals surface area (Å²) in [5, 5.41) is 8.43. The van der Waals surface area contributed by atoms with E-state index in [1.54, 1.807) is 0 Å². The first-order chi connectivity index (χ1) is 11.9. The number of hydrogen-bond acceptors (Lipinski definition) is 3. The van der Waals surface area contributed by atoms with E-state index in [1.807, 2.05) is 39.1 Å². The van der Waals surface area contributed by atoms with Crippen molar-refractivity contribution in [1.29, 1.82) is 0 Å². The van der Waals surface area contributed by atoms with Gasteiger partial charge in [-0.15, -0.1) is 0 Å². The van der Waals surface area contributed by atoms with E-state index in [9.17, 15) is 0 Å². The smallest absolute Gasteiger partial charge is 0.193 e. The van der Waals surface area contributed by atoms with Crippen molar-refractivity contribution in [3.63, 3.8) is 0 Å². The quantitative estimate of drug-likeness (QED) is 0.599. The number of aromatic nitrogens is 1. The highest BCUT2D eigenvalue weighted by atomic mass is 35.5. The van der Waals surface area contributed by atoms with E-state index in [0.29, 0.717) is 23.1 Å². The van der Waals surface area contributed by atoms with E-state index >= 15 is 0 Å². The van der Waals surface area contributed by atoms with Gasteiger partial charge >= 0.3 is 0 Å². The lowest BCUT2D eigenvalue weighted by molar-refractivity contribution is 0.392. The molecule has 0 atom stereocenters. The Morgan fingerprint density at radius 1 is 1.28 bits per heavy atom. The average molecular weight is 383 g/mol. The molecule has 136 valence electrons. The summed E-state index contributed by atoms with van der Waals surface area (Å²) >= 11 is 12.1. The molecule has 2 aromatic rings. The molecule has 0 spiro atoms. The van der Waals surface area contributed by atoms with Crippen LogP contribution in [0.15, 0.2) is 27.7 Å². The first-order valence-corrected chi connectivity index (χ1v) is 9.03. The van der Waals surface area contributed by atoms with Crippen molar-refractivity contribution >= 4 is 29.2 Å². The number of hydrogen-bond donors (Lipinski definition) is 1. The minimum Gasteiger partial charge on any atom is -0.361 e. The molecule has 0 aliphatic heterocycles. The van der Waals surface area contributed by atoms with Crippen LogP contribution >= 0.6 is 23.2 Å². The highest BCUT2D eigenvalue weighted by Gasteiger charge is 2.10. The summed E-state index contributed by atoms with van der Waals surface area (Å²) in [5.41, 5.74) is 3.14. The van der Waals surface area contributed by atoms with Crippen molar-refractivity contribution in [3.8, 4) is 0 Å². The number of nitrogens with one attached hydrogen (secondary N) is 1. The van der Waals surface area contributed by atoms with Gasteiger partial charge in [-0.1, -0.05) is 34.4 Å². The van der Waals surface area contributed by atoms with E-state index in [1.165, 1.54) is 0 Å². The highest BCUT2D eigenvalue weighted by Crippen LogP contribution is 2.23. The zero-order chi connectivity index (χ0) is 18.4. The van der Waals surface area contributed by atoms with Gasteiger partial charge in [0.25, 0.3) is 0 Å². The molecule has 0 aliphatic carbocycles. The van der Waals surface area contributed by atoms with Gasteiger partial charge in [0.05, 0.1) is 15.7 Å². The Morgan fingerprint density at radius 3 is 2.64 bits per heavy atom. The molecule has 2 rings (SSSR count). The zero-order valence-corrected chi connectivity index (χ0v) is 16.6. The number of aryl methyl sites for hydroxylation is 2. The zero-order valence-electron chi connectivity index (χ0n) is 15.1. The lowest BCUT2D eigenvalue weighted by Gasteiger charge is -2.22. The number of rotatable bonds is 6. The van der Waals surface area contributed by atoms with Gasteiger partial charge < -0.3 is 14.7 Å². The lowest BCUT2D eigenvalue weighted by atomic mass is 10.1. The Hall–Kier alpha value is -1.72. The summed E-state index contributed by atoms with van der Waals surface area (Å²) in [6, 6.07) is 5.67. The fourth-order valence-corrected chi connectivity index (χ4v) is 2.91. The van der Waals surface area contributed by atoms with Crippen LogP contribution in [0.1, 0.15) is 29.5 Å². The summed E-state index contributed by atoms with van der Waals surface area (Å²) in [7, 11) is 2.00. The third-order valence-corrected chi connectivity index (χ3v) is 4.64.